The van der Waals surface area contributed by atoms with Gasteiger partial charge < -0.3 is 19.1 Å². The molecule has 1 heterocycles. The molecule has 0 aliphatic heterocycles. The number of hydrogen-bond acceptors (Lipinski definition) is 4. The summed E-state index contributed by atoms with van der Waals surface area (Å²) < 4.78 is 5.09. The lowest BCUT2D eigenvalue weighted by Crippen LogP contribution is -2.39. The largest absolute Gasteiger partial charge is 0.472 e. The Balaban J connectivity index is 1.69. The first-order chi connectivity index (χ1) is 15.5. The molecular formula is C26H31N3O3. The molecule has 3 rings (SSSR count). The highest BCUT2D eigenvalue weighted by atomic mass is 16.3. The molecule has 1 aromatic heterocycles. The Bertz CT molecular complexity index is 957. The van der Waals surface area contributed by atoms with E-state index in [9.17, 15) is 9.59 Å². The lowest BCUT2D eigenvalue weighted by atomic mass is 10.1. The van der Waals surface area contributed by atoms with Crippen molar-refractivity contribution in [2.24, 2.45) is 0 Å². The summed E-state index contributed by atoms with van der Waals surface area (Å²) in [7, 11) is 3.99. The Hall–Kier alpha value is -3.38. The summed E-state index contributed by atoms with van der Waals surface area (Å²) in [5, 5.41) is 0. The smallest absolute Gasteiger partial charge is 0.257 e. The van der Waals surface area contributed by atoms with Crippen molar-refractivity contribution in [1.29, 1.82) is 0 Å². The van der Waals surface area contributed by atoms with Crippen LogP contribution in [-0.4, -0.2) is 60.2 Å². The van der Waals surface area contributed by atoms with Crippen LogP contribution in [0.25, 0.3) is 0 Å². The Kier molecular flexibility index (Phi) is 8.63. The number of nitrogens with zero attached hydrogens (tertiary/aromatic N) is 3. The van der Waals surface area contributed by atoms with Gasteiger partial charge in [0.25, 0.3) is 5.91 Å². The topological polar surface area (TPSA) is 57.0 Å². The zero-order valence-electron chi connectivity index (χ0n) is 18.8. The highest BCUT2D eigenvalue weighted by molar-refractivity contribution is 5.94. The van der Waals surface area contributed by atoms with E-state index in [-0.39, 0.29) is 18.2 Å². The molecular weight excluding hydrogens is 402 g/mol. The highest BCUT2D eigenvalue weighted by Crippen LogP contribution is 2.13. The summed E-state index contributed by atoms with van der Waals surface area (Å²) in [6.45, 7) is 2.75. The van der Waals surface area contributed by atoms with Crippen LogP contribution in [0, 0.1) is 0 Å². The lowest BCUT2D eigenvalue weighted by molar-refractivity contribution is -0.132. The first kappa shape index (κ1) is 23.3. The van der Waals surface area contributed by atoms with Crippen molar-refractivity contribution in [3.8, 4) is 0 Å². The molecule has 0 saturated carbocycles. The van der Waals surface area contributed by atoms with E-state index >= 15 is 0 Å². The van der Waals surface area contributed by atoms with Crippen LogP contribution in [0.3, 0.4) is 0 Å². The van der Waals surface area contributed by atoms with Crippen molar-refractivity contribution in [3.05, 3.63) is 95.9 Å². The number of hydrogen-bond donors (Lipinski definition) is 0. The van der Waals surface area contributed by atoms with Gasteiger partial charge in [-0.25, -0.2) is 0 Å². The van der Waals surface area contributed by atoms with Crippen molar-refractivity contribution in [1.82, 2.24) is 14.7 Å². The minimum absolute atomic E-state index is 0.0359. The van der Waals surface area contributed by atoms with Gasteiger partial charge in [0.2, 0.25) is 5.91 Å². The summed E-state index contributed by atoms with van der Waals surface area (Å²) in [6.07, 6.45) is 3.19. The normalized spacial score (nSPS) is 10.8. The second kappa shape index (κ2) is 11.9. The van der Waals surface area contributed by atoms with Gasteiger partial charge in [0.05, 0.1) is 11.8 Å². The molecule has 0 aliphatic rings. The molecule has 168 valence electrons. The van der Waals surface area contributed by atoms with E-state index in [0.29, 0.717) is 31.7 Å². The van der Waals surface area contributed by atoms with Crippen LogP contribution in [0.15, 0.2) is 83.7 Å². The Morgan fingerprint density at radius 3 is 1.88 bits per heavy atom. The molecule has 0 aliphatic carbocycles. The van der Waals surface area contributed by atoms with Crippen LogP contribution < -0.4 is 0 Å². The molecule has 6 nitrogen and oxygen atoms in total. The highest BCUT2D eigenvalue weighted by Gasteiger charge is 2.21. The third-order valence-corrected chi connectivity index (χ3v) is 5.25. The molecule has 0 unspecified atom stereocenters. The van der Waals surface area contributed by atoms with E-state index in [1.807, 2.05) is 79.7 Å². The molecule has 0 atom stereocenters. The zero-order valence-corrected chi connectivity index (χ0v) is 18.8. The molecule has 0 radical (unpaired) electrons. The summed E-state index contributed by atoms with van der Waals surface area (Å²) >= 11 is 0. The summed E-state index contributed by atoms with van der Waals surface area (Å²) in [5.41, 5.74) is 2.60. The molecule has 0 bridgehead atoms. The van der Waals surface area contributed by atoms with Crippen LogP contribution in [0.4, 0.5) is 0 Å². The molecule has 0 fully saturated rings. The minimum Gasteiger partial charge on any atom is -0.472 e. The van der Waals surface area contributed by atoms with Gasteiger partial charge in [-0.05, 0) is 31.3 Å². The number of likely N-dealkylation sites (N-methyl/N-ethyl adjacent to an activating group) is 1. The predicted molar refractivity (Wildman–Crippen MR) is 125 cm³/mol. The Morgan fingerprint density at radius 1 is 0.750 bits per heavy atom. The van der Waals surface area contributed by atoms with Gasteiger partial charge in [0.1, 0.15) is 6.26 Å². The monoisotopic (exact) mass is 433 g/mol. The van der Waals surface area contributed by atoms with Crippen LogP contribution in [0.1, 0.15) is 27.9 Å². The molecule has 32 heavy (non-hydrogen) atoms. The summed E-state index contributed by atoms with van der Waals surface area (Å²) in [6, 6.07) is 21.4. The van der Waals surface area contributed by atoms with Crippen molar-refractivity contribution >= 4 is 11.8 Å². The fourth-order valence-electron chi connectivity index (χ4n) is 3.43. The Morgan fingerprint density at radius 2 is 1.34 bits per heavy atom. The van der Waals surface area contributed by atoms with Crippen molar-refractivity contribution < 1.29 is 14.0 Å². The van der Waals surface area contributed by atoms with Crippen LogP contribution >= 0.6 is 0 Å². The van der Waals surface area contributed by atoms with E-state index in [4.69, 9.17) is 4.42 Å². The van der Waals surface area contributed by atoms with Crippen molar-refractivity contribution in [3.63, 3.8) is 0 Å². The average molecular weight is 434 g/mol. The number of benzene rings is 2. The van der Waals surface area contributed by atoms with E-state index in [0.717, 1.165) is 17.7 Å². The summed E-state index contributed by atoms with van der Waals surface area (Å²) in [5.74, 6) is -0.105. The summed E-state index contributed by atoms with van der Waals surface area (Å²) in [4.78, 5) is 31.9. The first-order valence-corrected chi connectivity index (χ1v) is 10.8. The van der Waals surface area contributed by atoms with E-state index in [1.54, 1.807) is 11.0 Å². The van der Waals surface area contributed by atoms with Gasteiger partial charge in [0, 0.05) is 39.1 Å². The Labute approximate surface area is 190 Å². The number of furan rings is 1. The molecule has 6 heteroatoms. The first-order valence-electron chi connectivity index (χ1n) is 10.8. The third-order valence-electron chi connectivity index (χ3n) is 5.25. The maximum atomic E-state index is 13.2. The quantitative estimate of drug-likeness (QED) is 0.460. The fraction of sp³-hybridized carbons (Fsp3) is 0.308. The molecule has 3 aromatic rings. The van der Waals surface area contributed by atoms with Gasteiger partial charge in [-0.3, -0.25) is 9.59 Å². The predicted octanol–water partition coefficient (Wildman–Crippen LogP) is 3.90. The van der Waals surface area contributed by atoms with Crippen LogP contribution in [0.5, 0.6) is 0 Å². The third kappa shape index (κ3) is 7.10. The fourth-order valence-corrected chi connectivity index (χ4v) is 3.43. The zero-order chi connectivity index (χ0) is 22.8. The molecule has 2 amide bonds. The maximum absolute atomic E-state index is 13.2. The van der Waals surface area contributed by atoms with Crippen LogP contribution in [-0.2, 0) is 17.9 Å². The number of carbonyl (C=O) groups excluding carboxylic acids is 2. The molecule has 0 spiro atoms. The van der Waals surface area contributed by atoms with E-state index in [2.05, 4.69) is 4.90 Å². The van der Waals surface area contributed by atoms with Gasteiger partial charge >= 0.3 is 0 Å². The second-order valence-corrected chi connectivity index (χ2v) is 8.08. The molecule has 0 N–H and O–H groups in total. The SMILES string of the molecule is CN(C)CCN(Cc1ccccc1)C(=O)CCN(Cc1ccccc1)C(=O)c1ccoc1. The molecule has 0 saturated heterocycles. The number of amides is 2. The van der Waals surface area contributed by atoms with Gasteiger partial charge in [-0.1, -0.05) is 60.7 Å². The minimum atomic E-state index is -0.140. The molecule has 2 aromatic carbocycles. The second-order valence-electron chi connectivity index (χ2n) is 8.08. The van der Waals surface area contributed by atoms with Gasteiger partial charge in [-0.15, -0.1) is 0 Å². The van der Waals surface area contributed by atoms with Gasteiger partial charge in [-0.2, -0.15) is 0 Å². The maximum Gasteiger partial charge on any atom is 0.257 e. The lowest BCUT2D eigenvalue weighted by Gasteiger charge is -2.27. The van der Waals surface area contributed by atoms with E-state index in [1.165, 1.54) is 12.5 Å². The van der Waals surface area contributed by atoms with Crippen molar-refractivity contribution in [2.75, 3.05) is 33.7 Å². The van der Waals surface area contributed by atoms with E-state index < -0.39 is 0 Å². The average Bonchev–Trinajstić information content (AvgIpc) is 3.35. The number of carbonyl (C=O) groups is 2. The van der Waals surface area contributed by atoms with Crippen LogP contribution in [0.2, 0.25) is 0 Å². The number of rotatable bonds is 11. The standard InChI is InChI=1S/C26H31N3O3/c1-27(2)16-17-28(19-22-9-5-3-6-10-22)25(30)13-15-29(20-23-11-7-4-8-12-23)26(31)24-14-18-32-21-24/h3-12,14,18,21H,13,15-17,19-20H2,1-2H3. The van der Waals surface area contributed by atoms with Crippen molar-refractivity contribution in [2.45, 2.75) is 19.5 Å². The van der Waals surface area contributed by atoms with Gasteiger partial charge in [0.15, 0.2) is 0 Å².